The third kappa shape index (κ3) is 6.24. The number of unbranched alkanes of at least 4 members (excludes halogenated alkanes) is 1. The quantitative estimate of drug-likeness (QED) is 0.562. The van der Waals surface area contributed by atoms with Crippen LogP contribution in [0.4, 0.5) is 19.3 Å². The van der Waals surface area contributed by atoms with Gasteiger partial charge in [0.1, 0.15) is 11.9 Å². The highest BCUT2D eigenvalue weighted by Crippen LogP contribution is 2.29. The van der Waals surface area contributed by atoms with Crippen LogP contribution in [0.3, 0.4) is 0 Å². The van der Waals surface area contributed by atoms with Gasteiger partial charge in [0, 0.05) is 19.0 Å². The van der Waals surface area contributed by atoms with Crippen LogP contribution in [-0.2, 0) is 16.1 Å². The lowest BCUT2D eigenvalue weighted by atomic mass is 10.0. The molecule has 0 aromatic heterocycles. The lowest BCUT2D eigenvalue weighted by Gasteiger charge is -2.15. The second-order valence-corrected chi connectivity index (χ2v) is 7.49. The van der Waals surface area contributed by atoms with Crippen molar-refractivity contribution >= 4 is 17.7 Å². The van der Waals surface area contributed by atoms with E-state index in [1.54, 1.807) is 12.1 Å². The number of rotatable bonds is 10. The highest BCUT2D eigenvalue weighted by atomic mass is 19.1. The van der Waals surface area contributed by atoms with Gasteiger partial charge in [-0.3, -0.25) is 14.1 Å². The van der Waals surface area contributed by atoms with Crippen LogP contribution in [0.1, 0.15) is 25.3 Å². The van der Waals surface area contributed by atoms with Crippen molar-refractivity contribution < 1.29 is 23.1 Å². The molecule has 6 nitrogen and oxygen atoms in total. The van der Waals surface area contributed by atoms with E-state index in [0.29, 0.717) is 24.2 Å². The number of benzene rings is 2. The molecule has 0 saturated carbocycles. The molecule has 0 bridgehead atoms. The first-order valence-electron chi connectivity index (χ1n) is 10.4. The first kappa shape index (κ1) is 22.7. The van der Waals surface area contributed by atoms with Gasteiger partial charge in [0.2, 0.25) is 5.91 Å². The number of cyclic esters (lactones) is 1. The van der Waals surface area contributed by atoms with E-state index < -0.39 is 18.0 Å². The Kier molecular flexibility index (Phi) is 7.94. The second kappa shape index (κ2) is 10.9. The van der Waals surface area contributed by atoms with Crippen molar-refractivity contribution in [1.82, 2.24) is 10.6 Å². The molecule has 0 spiro atoms. The van der Waals surface area contributed by atoms with Crippen molar-refractivity contribution in [3.8, 4) is 11.1 Å². The Morgan fingerprint density at radius 2 is 1.97 bits per heavy atom. The van der Waals surface area contributed by atoms with E-state index in [2.05, 4.69) is 10.6 Å². The summed E-state index contributed by atoms with van der Waals surface area (Å²) in [5.74, 6) is -0.642. The maximum absolute atomic E-state index is 14.8. The van der Waals surface area contributed by atoms with Crippen molar-refractivity contribution in [3.63, 3.8) is 0 Å². The van der Waals surface area contributed by atoms with Gasteiger partial charge in [-0.2, -0.15) is 0 Å². The molecule has 2 N–H and O–H groups in total. The maximum Gasteiger partial charge on any atom is 0.414 e. The largest absolute Gasteiger partial charge is 0.442 e. The van der Waals surface area contributed by atoms with Crippen molar-refractivity contribution in [2.45, 2.75) is 32.4 Å². The molecular weight excluding hydrogens is 404 g/mol. The fourth-order valence-electron chi connectivity index (χ4n) is 3.38. The standard InChI is InChI=1S/C23H27F2N3O3/c1-16(29)27-14-20-15-28(23(30)31-20)19-8-9-21(22(25)12-19)18-6-4-17(5-7-18)13-26-11-3-2-10-24/h4-9,12,20,26H,2-3,10-11,13-15H2,1H3,(H,27,29)/t20-/m0/s1. The average Bonchev–Trinajstić information content (AvgIpc) is 3.13. The van der Waals surface area contributed by atoms with Crippen LogP contribution < -0.4 is 15.5 Å². The summed E-state index contributed by atoms with van der Waals surface area (Å²) >= 11 is 0. The van der Waals surface area contributed by atoms with Gasteiger partial charge in [-0.25, -0.2) is 9.18 Å². The third-order valence-electron chi connectivity index (χ3n) is 5.05. The minimum absolute atomic E-state index is 0.205. The summed E-state index contributed by atoms with van der Waals surface area (Å²) in [7, 11) is 0. The first-order chi connectivity index (χ1) is 15.0. The normalized spacial score (nSPS) is 15.8. The monoisotopic (exact) mass is 431 g/mol. The predicted molar refractivity (Wildman–Crippen MR) is 115 cm³/mol. The second-order valence-electron chi connectivity index (χ2n) is 7.49. The average molecular weight is 431 g/mol. The Morgan fingerprint density at radius 1 is 1.19 bits per heavy atom. The number of hydrogen-bond acceptors (Lipinski definition) is 4. The molecule has 0 aliphatic carbocycles. The van der Waals surface area contributed by atoms with Gasteiger partial charge in [0.05, 0.1) is 25.5 Å². The molecule has 1 atom stereocenters. The van der Waals surface area contributed by atoms with Crippen LogP contribution in [0.15, 0.2) is 42.5 Å². The zero-order chi connectivity index (χ0) is 22.2. The maximum atomic E-state index is 14.8. The lowest BCUT2D eigenvalue weighted by Crippen LogP contribution is -2.33. The molecule has 1 saturated heterocycles. The van der Waals surface area contributed by atoms with Gasteiger partial charge >= 0.3 is 6.09 Å². The van der Waals surface area contributed by atoms with Gasteiger partial charge in [-0.1, -0.05) is 24.3 Å². The van der Waals surface area contributed by atoms with Crippen molar-refractivity contribution in [2.75, 3.05) is 31.2 Å². The molecule has 3 rings (SSSR count). The lowest BCUT2D eigenvalue weighted by molar-refractivity contribution is -0.119. The molecular formula is C23H27F2N3O3. The summed E-state index contributed by atoms with van der Waals surface area (Å²) in [4.78, 5) is 24.5. The van der Waals surface area contributed by atoms with Gasteiger partial charge < -0.3 is 15.4 Å². The highest BCUT2D eigenvalue weighted by Gasteiger charge is 2.32. The number of hydrogen-bond donors (Lipinski definition) is 2. The highest BCUT2D eigenvalue weighted by molar-refractivity contribution is 5.90. The summed E-state index contributed by atoms with van der Waals surface area (Å²) in [5, 5.41) is 5.87. The molecule has 1 fully saturated rings. The minimum atomic E-state index is -0.564. The molecule has 0 unspecified atom stereocenters. The van der Waals surface area contributed by atoms with E-state index in [1.165, 1.54) is 17.9 Å². The van der Waals surface area contributed by atoms with Gasteiger partial charge in [0.25, 0.3) is 0 Å². The van der Waals surface area contributed by atoms with E-state index in [-0.39, 0.29) is 25.7 Å². The van der Waals surface area contributed by atoms with E-state index in [1.807, 2.05) is 24.3 Å². The number of anilines is 1. The van der Waals surface area contributed by atoms with Gasteiger partial charge in [0.15, 0.2) is 0 Å². The Bertz CT molecular complexity index is 905. The summed E-state index contributed by atoms with van der Waals surface area (Å²) in [6, 6.07) is 12.2. The molecule has 0 radical (unpaired) electrons. The summed E-state index contributed by atoms with van der Waals surface area (Å²) in [6.07, 6.45) is 0.319. The SMILES string of the molecule is CC(=O)NC[C@H]1CN(c2ccc(-c3ccc(CNCCCCF)cc3)c(F)c2)C(=O)O1. The topological polar surface area (TPSA) is 70.7 Å². The molecule has 166 valence electrons. The van der Waals surface area contributed by atoms with Crippen molar-refractivity contribution in [3.05, 3.63) is 53.8 Å². The molecule has 1 aliphatic rings. The molecule has 2 amide bonds. The van der Waals surface area contributed by atoms with E-state index >= 15 is 0 Å². The first-order valence-corrected chi connectivity index (χ1v) is 10.4. The number of carbonyl (C=O) groups excluding carboxylic acids is 2. The minimum Gasteiger partial charge on any atom is -0.442 e. The Balaban J connectivity index is 1.61. The third-order valence-corrected chi connectivity index (χ3v) is 5.05. The Morgan fingerprint density at radius 3 is 2.65 bits per heavy atom. The van der Waals surface area contributed by atoms with Crippen LogP contribution in [0.5, 0.6) is 0 Å². The number of nitrogens with zero attached hydrogens (tertiary/aromatic N) is 1. The number of ether oxygens (including phenoxy) is 1. The number of carbonyl (C=O) groups is 2. The molecule has 2 aromatic carbocycles. The van der Waals surface area contributed by atoms with E-state index in [9.17, 15) is 18.4 Å². The van der Waals surface area contributed by atoms with Gasteiger partial charge in [-0.05, 0) is 48.7 Å². The molecule has 1 aliphatic heterocycles. The van der Waals surface area contributed by atoms with Crippen LogP contribution in [0, 0.1) is 5.82 Å². The Hall–Kier alpha value is -3.00. The molecule has 2 aromatic rings. The van der Waals surface area contributed by atoms with Crippen LogP contribution in [0.2, 0.25) is 0 Å². The summed E-state index contributed by atoms with van der Waals surface area (Å²) < 4.78 is 32.1. The van der Waals surface area contributed by atoms with Crippen LogP contribution in [0.25, 0.3) is 11.1 Å². The summed E-state index contributed by atoms with van der Waals surface area (Å²) in [6.45, 7) is 2.98. The summed E-state index contributed by atoms with van der Waals surface area (Å²) in [5.41, 5.74) is 2.64. The fraction of sp³-hybridized carbons (Fsp3) is 0.391. The molecule has 31 heavy (non-hydrogen) atoms. The van der Waals surface area contributed by atoms with E-state index in [0.717, 1.165) is 24.1 Å². The fourth-order valence-corrected chi connectivity index (χ4v) is 3.38. The number of alkyl halides is 1. The van der Waals surface area contributed by atoms with E-state index in [4.69, 9.17) is 4.74 Å². The Labute approximate surface area is 180 Å². The van der Waals surface area contributed by atoms with Gasteiger partial charge in [-0.15, -0.1) is 0 Å². The number of nitrogens with one attached hydrogen (secondary N) is 2. The van der Waals surface area contributed by atoms with Crippen LogP contribution >= 0.6 is 0 Å². The van der Waals surface area contributed by atoms with Crippen molar-refractivity contribution in [1.29, 1.82) is 0 Å². The van der Waals surface area contributed by atoms with Crippen LogP contribution in [-0.4, -0.2) is 44.4 Å². The number of amides is 2. The zero-order valence-electron chi connectivity index (χ0n) is 17.5. The molecule has 1 heterocycles. The molecule has 8 heteroatoms. The smallest absolute Gasteiger partial charge is 0.414 e. The zero-order valence-corrected chi connectivity index (χ0v) is 17.5. The number of halogens is 2. The van der Waals surface area contributed by atoms with Crippen molar-refractivity contribution in [2.24, 2.45) is 0 Å². The predicted octanol–water partition coefficient (Wildman–Crippen LogP) is 3.79.